The lowest BCUT2D eigenvalue weighted by molar-refractivity contribution is -0.384. The van der Waals surface area contributed by atoms with Gasteiger partial charge in [-0.3, -0.25) is 19.5 Å². The van der Waals surface area contributed by atoms with Crippen LogP contribution in [-0.4, -0.2) is 28.7 Å². The fraction of sp³-hybridized carbons (Fsp3) is 0.219. The van der Waals surface area contributed by atoms with Gasteiger partial charge in [-0.2, -0.15) is 0 Å². The first-order valence-corrected chi connectivity index (χ1v) is 14.5. The maximum Gasteiger partial charge on any atom is 0.338 e. The van der Waals surface area contributed by atoms with Crippen molar-refractivity contribution in [3.8, 4) is 11.5 Å². The summed E-state index contributed by atoms with van der Waals surface area (Å²) >= 11 is 1.16. The van der Waals surface area contributed by atoms with Crippen LogP contribution in [0.1, 0.15) is 43.5 Å². The molecule has 0 bridgehead atoms. The van der Waals surface area contributed by atoms with Crippen molar-refractivity contribution in [2.75, 3.05) is 13.2 Å². The van der Waals surface area contributed by atoms with Gasteiger partial charge >= 0.3 is 5.97 Å². The van der Waals surface area contributed by atoms with E-state index in [-0.39, 0.29) is 23.4 Å². The lowest BCUT2D eigenvalue weighted by atomic mass is 9.96. The Morgan fingerprint density at radius 2 is 1.81 bits per heavy atom. The fourth-order valence-electron chi connectivity index (χ4n) is 4.76. The second-order valence-corrected chi connectivity index (χ2v) is 10.6. The summed E-state index contributed by atoms with van der Waals surface area (Å²) in [5.74, 6) is 0.490. The van der Waals surface area contributed by atoms with Gasteiger partial charge in [0.15, 0.2) is 16.3 Å². The van der Waals surface area contributed by atoms with Crippen LogP contribution in [-0.2, 0) is 16.1 Å². The molecule has 5 rings (SSSR count). The fourth-order valence-corrected chi connectivity index (χ4v) is 5.80. The number of nitrogens with zero attached hydrogens (tertiary/aromatic N) is 3. The molecule has 0 fully saturated rings. The van der Waals surface area contributed by atoms with E-state index in [2.05, 4.69) is 0 Å². The minimum atomic E-state index is -0.879. The average Bonchev–Trinajstić information content (AvgIpc) is 3.32. The first-order chi connectivity index (χ1) is 20.8. The number of esters is 1. The normalized spacial score (nSPS) is 14.6. The van der Waals surface area contributed by atoms with E-state index in [4.69, 9.17) is 19.2 Å². The monoisotopic (exact) mass is 599 g/mol. The molecule has 0 amide bonds. The molecule has 1 atom stereocenters. The predicted octanol–water partition coefficient (Wildman–Crippen LogP) is 4.79. The largest absolute Gasteiger partial charge is 0.490 e. The number of fused-ring (bicyclic) bond motifs is 1. The molecule has 220 valence electrons. The van der Waals surface area contributed by atoms with E-state index < -0.39 is 16.9 Å². The molecule has 0 saturated heterocycles. The third-order valence-electron chi connectivity index (χ3n) is 6.74. The van der Waals surface area contributed by atoms with Crippen LogP contribution in [0.3, 0.4) is 0 Å². The van der Waals surface area contributed by atoms with Crippen LogP contribution in [0.2, 0.25) is 0 Å². The number of carbonyl (C=O) groups excluding carboxylic acids is 1. The van der Waals surface area contributed by atoms with E-state index in [9.17, 15) is 19.7 Å². The van der Waals surface area contributed by atoms with Gasteiger partial charge in [-0.25, -0.2) is 9.79 Å². The first-order valence-electron chi connectivity index (χ1n) is 13.7. The zero-order valence-electron chi connectivity index (χ0n) is 23.8. The van der Waals surface area contributed by atoms with Crippen molar-refractivity contribution in [3.05, 3.63) is 125 Å². The highest BCUT2D eigenvalue weighted by atomic mass is 32.1. The summed E-state index contributed by atoms with van der Waals surface area (Å²) in [6.45, 7) is 6.14. The Morgan fingerprint density at radius 1 is 1.02 bits per heavy atom. The van der Waals surface area contributed by atoms with Crippen molar-refractivity contribution in [2.24, 2.45) is 4.99 Å². The number of nitro benzene ring substituents is 1. The van der Waals surface area contributed by atoms with Crippen molar-refractivity contribution < 1.29 is 23.9 Å². The Labute approximate surface area is 251 Å². The van der Waals surface area contributed by atoms with E-state index in [1.54, 1.807) is 38.1 Å². The van der Waals surface area contributed by atoms with Gasteiger partial charge in [0, 0.05) is 17.8 Å². The van der Waals surface area contributed by atoms with Crippen molar-refractivity contribution >= 4 is 34.8 Å². The van der Waals surface area contributed by atoms with E-state index in [1.807, 2.05) is 49.4 Å². The molecule has 0 spiro atoms. The molecule has 0 N–H and O–H groups in total. The zero-order chi connectivity index (χ0) is 30.5. The Balaban J connectivity index is 1.57. The quantitative estimate of drug-likeness (QED) is 0.146. The van der Waals surface area contributed by atoms with Gasteiger partial charge < -0.3 is 14.2 Å². The number of allylic oxidation sites excluding steroid dienone is 1. The second-order valence-electron chi connectivity index (χ2n) is 9.55. The summed E-state index contributed by atoms with van der Waals surface area (Å²) in [7, 11) is 0. The molecule has 0 unspecified atom stereocenters. The maximum absolute atomic E-state index is 13.6. The van der Waals surface area contributed by atoms with Gasteiger partial charge in [-0.05, 0) is 55.7 Å². The predicted molar refractivity (Wildman–Crippen MR) is 163 cm³/mol. The maximum atomic E-state index is 13.6. The average molecular weight is 600 g/mol. The molecule has 4 aromatic rings. The summed E-state index contributed by atoms with van der Waals surface area (Å²) in [6, 6.07) is 20.3. The smallest absolute Gasteiger partial charge is 0.338 e. The molecule has 2 heterocycles. The van der Waals surface area contributed by atoms with Crippen LogP contribution in [0.5, 0.6) is 11.5 Å². The number of nitro groups is 1. The van der Waals surface area contributed by atoms with Crippen LogP contribution in [0.25, 0.3) is 11.8 Å². The van der Waals surface area contributed by atoms with Crippen LogP contribution < -0.4 is 24.4 Å². The third kappa shape index (κ3) is 6.26. The molecule has 1 aliphatic heterocycles. The molecule has 1 aromatic heterocycles. The van der Waals surface area contributed by atoms with Crippen molar-refractivity contribution in [1.82, 2.24) is 4.57 Å². The third-order valence-corrected chi connectivity index (χ3v) is 7.72. The lowest BCUT2D eigenvalue weighted by Crippen LogP contribution is -2.35. The number of carbonyl (C=O) groups is 1. The molecule has 3 aromatic carbocycles. The van der Waals surface area contributed by atoms with Crippen molar-refractivity contribution in [3.63, 3.8) is 0 Å². The van der Waals surface area contributed by atoms with Gasteiger partial charge in [0.2, 0.25) is 0 Å². The number of hydrogen-bond acceptors (Lipinski definition) is 9. The highest BCUT2D eigenvalue weighted by Crippen LogP contribution is 2.34. The molecular formula is C32H29N3O7S. The Kier molecular flexibility index (Phi) is 8.82. The van der Waals surface area contributed by atoms with Gasteiger partial charge in [-0.1, -0.05) is 59.9 Å². The van der Waals surface area contributed by atoms with Gasteiger partial charge in [0.05, 0.1) is 28.2 Å². The minimum Gasteiger partial charge on any atom is -0.490 e. The number of non-ortho nitro benzene ring substituents is 1. The summed E-state index contributed by atoms with van der Waals surface area (Å²) in [4.78, 5) is 42.7. The molecule has 0 radical (unpaired) electrons. The number of rotatable bonds is 10. The van der Waals surface area contributed by atoms with Crippen LogP contribution in [0.15, 0.2) is 88.2 Å². The van der Waals surface area contributed by atoms with E-state index in [0.717, 1.165) is 16.9 Å². The van der Waals surface area contributed by atoms with Gasteiger partial charge in [0.1, 0.15) is 12.6 Å². The molecule has 11 heteroatoms. The molecule has 1 aliphatic rings. The molecule has 10 nitrogen and oxygen atoms in total. The summed E-state index contributed by atoms with van der Waals surface area (Å²) in [5, 5.41) is 11.4. The number of aromatic nitrogens is 1. The van der Waals surface area contributed by atoms with E-state index in [1.165, 1.54) is 16.7 Å². The Bertz CT molecular complexity index is 1890. The van der Waals surface area contributed by atoms with Crippen molar-refractivity contribution in [2.45, 2.75) is 33.4 Å². The second kappa shape index (κ2) is 12.9. The molecular weight excluding hydrogens is 570 g/mol. The van der Waals surface area contributed by atoms with Gasteiger partial charge in [-0.15, -0.1) is 0 Å². The number of ether oxygens (including phenoxy) is 3. The summed E-state index contributed by atoms with van der Waals surface area (Å²) in [5.41, 5.74) is 2.23. The Hall–Kier alpha value is -5.03. The number of thiazole rings is 1. The minimum absolute atomic E-state index is 0.120. The molecule has 43 heavy (non-hydrogen) atoms. The topological polar surface area (TPSA) is 122 Å². The van der Waals surface area contributed by atoms with Crippen molar-refractivity contribution in [1.29, 1.82) is 0 Å². The highest BCUT2D eigenvalue weighted by Gasteiger charge is 2.32. The van der Waals surface area contributed by atoms with Crippen LogP contribution >= 0.6 is 11.3 Å². The Morgan fingerprint density at radius 3 is 2.53 bits per heavy atom. The van der Waals surface area contributed by atoms with Crippen LogP contribution in [0.4, 0.5) is 5.69 Å². The van der Waals surface area contributed by atoms with Crippen LogP contribution in [0, 0.1) is 10.1 Å². The zero-order valence-corrected chi connectivity index (χ0v) is 24.6. The van der Waals surface area contributed by atoms with E-state index >= 15 is 0 Å². The number of hydrogen-bond donors (Lipinski definition) is 0. The first kappa shape index (κ1) is 29.5. The standard InChI is InChI=1S/C32H29N3O7S/c1-4-40-26-16-22(14-15-25(26)42-19-21-10-7-6-8-11-21)17-27-30(36)34-20(3)28(31(37)41-5-2)29(33-32(34)43-27)23-12-9-13-24(18-23)35(38)39/h6-18,29H,4-5,19H2,1-3H3/b27-17-/t29-/m0/s1. The lowest BCUT2D eigenvalue weighted by Gasteiger charge is -2.22. The summed E-state index contributed by atoms with van der Waals surface area (Å²) in [6.07, 6.45) is 1.73. The summed E-state index contributed by atoms with van der Waals surface area (Å²) < 4.78 is 18.9. The molecule has 0 aliphatic carbocycles. The molecule has 0 saturated carbocycles. The van der Waals surface area contributed by atoms with Gasteiger partial charge in [0.25, 0.3) is 11.2 Å². The highest BCUT2D eigenvalue weighted by molar-refractivity contribution is 7.07. The SMILES string of the molecule is CCOC(=O)C1=C(C)n2c(s/c(=C\c3ccc(OCc4ccccc4)c(OCC)c3)c2=O)=N[C@H]1c1cccc([N+](=O)[O-])c1. The number of benzene rings is 3. The van der Waals surface area contributed by atoms with E-state index in [0.29, 0.717) is 50.9 Å².